The van der Waals surface area contributed by atoms with Crippen molar-refractivity contribution in [2.75, 3.05) is 19.6 Å². The number of benzene rings is 1. The average molecular weight is 331 g/mol. The van der Waals surface area contributed by atoms with Crippen LogP contribution in [0.15, 0.2) is 24.3 Å². The van der Waals surface area contributed by atoms with E-state index in [9.17, 15) is 9.59 Å². The van der Waals surface area contributed by atoms with Crippen LogP contribution in [0.4, 0.5) is 0 Å². The summed E-state index contributed by atoms with van der Waals surface area (Å²) in [5, 5.41) is 2.94. The number of aryl methyl sites for hydroxylation is 1. The van der Waals surface area contributed by atoms with Crippen molar-refractivity contribution < 1.29 is 9.59 Å². The Morgan fingerprint density at radius 1 is 1.25 bits per heavy atom. The molecule has 1 saturated heterocycles. The average Bonchev–Trinajstić information content (AvgIpc) is 2.59. The van der Waals surface area contributed by atoms with E-state index in [0.29, 0.717) is 18.0 Å². The summed E-state index contributed by atoms with van der Waals surface area (Å²) in [6.45, 7) is 7.97. The number of carbonyl (C=O) groups excluding carboxylic acids is 2. The number of amides is 2. The van der Waals surface area contributed by atoms with Crippen LogP contribution in [0.2, 0.25) is 0 Å². The molecule has 1 atom stereocenters. The zero-order chi connectivity index (χ0) is 17.7. The molecule has 0 bridgehead atoms. The van der Waals surface area contributed by atoms with Crippen LogP contribution in [0.25, 0.3) is 0 Å². The van der Waals surface area contributed by atoms with Crippen LogP contribution >= 0.6 is 0 Å². The van der Waals surface area contributed by atoms with E-state index in [1.54, 1.807) is 6.07 Å². The van der Waals surface area contributed by atoms with Crippen LogP contribution in [-0.2, 0) is 4.79 Å². The fraction of sp³-hybridized carbons (Fsp3) is 0.579. The van der Waals surface area contributed by atoms with Gasteiger partial charge in [0.1, 0.15) is 6.04 Å². The molecule has 132 valence electrons. The molecule has 2 amide bonds. The maximum Gasteiger partial charge on any atom is 0.252 e. The van der Waals surface area contributed by atoms with E-state index in [-0.39, 0.29) is 17.7 Å². The summed E-state index contributed by atoms with van der Waals surface area (Å²) >= 11 is 0. The summed E-state index contributed by atoms with van der Waals surface area (Å²) in [5.74, 6) is 0.380. The molecule has 1 aliphatic rings. The molecule has 5 heteroatoms. The molecule has 0 spiro atoms. The minimum absolute atomic E-state index is 0.0161. The fourth-order valence-corrected chi connectivity index (χ4v) is 3.15. The molecule has 1 heterocycles. The number of carbonyl (C=O) groups is 2. The molecule has 1 aliphatic heterocycles. The second-order valence-corrected chi connectivity index (χ2v) is 7.01. The number of likely N-dealkylation sites (tertiary alicyclic amines) is 1. The number of hydrogen-bond acceptors (Lipinski definition) is 3. The third kappa shape index (κ3) is 4.35. The van der Waals surface area contributed by atoms with Gasteiger partial charge in [0, 0.05) is 18.7 Å². The smallest absolute Gasteiger partial charge is 0.252 e. The first-order chi connectivity index (χ1) is 11.4. The van der Waals surface area contributed by atoms with Gasteiger partial charge in [-0.3, -0.25) is 9.59 Å². The van der Waals surface area contributed by atoms with E-state index in [1.165, 1.54) is 0 Å². The third-order valence-electron chi connectivity index (χ3n) is 4.87. The molecule has 1 aromatic rings. The Bertz CT molecular complexity index is 578. The molecular formula is C19H29N3O2. The van der Waals surface area contributed by atoms with Crippen LogP contribution in [0.1, 0.15) is 42.6 Å². The van der Waals surface area contributed by atoms with Crippen molar-refractivity contribution >= 4 is 11.8 Å². The second-order valence-electron chi connectivity index (χ2n) is 7.01. The SMILES string of the molecule is Cc1ccccc1C(=O)NC(C(=O)N1CCC(CN)CC1)C(C)C. The lowest BCUT2D eigenvalue weighted by atomic mass is 9.95. The van der Waals surface area contributed by atoms with Gasteiger partial charge >= 0.3 is 0 Å². The van der Waals surface area contributed by atoms with Gasteiger partial charge in [-0.1, -0.05) is 32.0 Å². The zero-order valence-electron chi connectivity index (χ0n) is 14.9. The Hall–Kier alpha value is -1.88. The molecule has 24 heavy (non-hydrogen) atoms. The molecule has 0 aliphatic carbocycles. The van der Waals surface area contributed by atoms with Gasteiger partial charge < -0.3 is 16.0 Å². The lowest BCUT2D eigenvalue weighted by molar-refractivity contribution is -0.135. The van der Waals surface area contributed by atoms with E-state index < -0.39 is 6.04 Å². The minimum Gasteiger partial charge on any atom is -0.341 e. The maximum absolute atomic E-state index is 12.9. The van der Waals surface area contributed by atoms with E-state index in [1.807, 2.05) is 43.9 Å². The maximum atomic E-state index is 12.9. The lowest BCUT2D eigenvalue weighted by Crippen LogP contribution is -2.53. The number of nitrogens with zero attached hydrogens (tertiary/aromatic N) is 1. The lowest BCUT2D eigenvalue weighted by Gasteiger charge is -2.35. The Morgan fingerprint density at radius 3 is 2.42 bits per heavy atom. The first kappa shape index (κ1) is 18.5. The first-order valence-corrected chi connectivity index (χ1v) is 8.79. The highest BCUT2D eigenvalue weighted by molar-refractivity contribution is 5.98. The molecule has 0 radical (unpaired) electrons. The van der Waals surface area contributed by atoms with Crippen molar-refractivity contribution in [2.45, 2.75) is 39.7 Å². The largest absolute Gasteiger partial charge is 0.341 e. The van der Waals surface area contributed by atoms with Crippen LogP contribution in [0, 0.1) is 18.8 Å². The van der Waals surface area contributed by atoms with Crippen molar-refractivity contribution in [1.29, 1.82) is 0 Å². The van der Waals surface area contributed by atoms with Crippen LogP contribution in [0.3, 0.4) is 0 Å². The third-order valence-corrected chi connectivity index (χ3v) is 4.87. The number of rotatable bonds is 5. The minimum atomic E-state index is -0.494. The summed E-state index contributed by atoms with van der Waals surface area (Å²) in [6, 6.07) is 6.94. The van der Waals surface area contributed by atoms with E-state index in [4.69, 9.17) is 5.73 Å². The van der Waals surface area contributed by atoms with Gasteiger partial charge in [0.2, 0.25) is 5.91 Å². The van der Waals surface area contributed by atoms with Crippen LogP contribution in [0.5, 0.6) is 0 Å². The summed E-state index contributed by atoms with van der Waals surface area (Å²) in [6.07, 6.45) is 1.89. The molecule has 0 aromatic heterocycles. The molecule has 5 nitrogen and oxygen atoms in total. The van der Waals surface area contributed by atoms with Crippen LogP contribution in [-0.4, -0.2) is 42.4 Å². The molecule has 2 rings (SSSR count). The van der Waals surface area contributed by atoms with Crippen molar-refractivity contribution in [2.24, 2.45) is 17.6 Å². The predicted octanol–water partition coefficient (Wildman–Crippen LogP) is 1.95. The standard InChI is InChI=1S/C19H29N3O2/c1-13(2)17(19(24)22-10-8-15(12-20)9-11-22)21-18(23)16-7-5-4-6-14(16)3/h4-7,13,15,17H,8-12,20H2,1-3H3,(H,21,23). The summed E-state index contributed by atoms with van der Waals surface area (Å²) < 4.78 is 0. The van der Waals surface area contributed by atoms with Gasteiger partial charge in [-0.2, -0.15) is 0 Å². The Morgan fingerprint density at radius 2 is 1.88 bits per heavy atom. The van der Waals surface area contributed by atoms with Gasteiger partial charge in [-0.05, 0) is 49.8 Å². The highest BCUT2D eigenvalue weighted by Crippen LogP contribution is 2.18. The number of hydrogen-bond donors (Lipinski definition) is 2. The number of nitrogens with one attached hydrogen (secondary N) is 1. The van der Waals surface area contributed by atoms with Crippen molar-refractivity contribution in [1.82, 2.24) is 10.2 Å². The Labute approximate surface area is 144 Å². The highest BCUT2D eigenvalue weighted by atomic mass is 16.2. The molecule has 1 unspecified atom stereocenters. The predicted molar refractivity (Wildman–Crippen MR) is 95.6 cm³/mol. The molecule has 1 aromatic carbocycles. The number of nitrogens with two attached hydrogens (primary N) is 1. The van der Waals surface area contributed by atoms with Gasteiger partial charge in [0.05, 0.1) is 0 Å². The molecule has 1 fully saturated rings. The summed E-state index contributed by atoms with van der Waals surface area (Å²) in [4.78, 5) is 27.3. The van der Waals surface area contributed by atoms with Gasteiger partial charge in [-0.25, -0.2) is 0 Å². The fourth-order valence-electron chi connectivity index (χ4n) is 3.15. The van der Waals surface area contributed by atoms with Gasteiger partial charge in [0.15, 0.2) is 0 Å². The van der Waals surface area contributed by atoms with Gasteiger partial charge in [-0.15, -0.1) is 0 Å². The number of piperidine rings is 1. The first-order valence-electron chi connectivity index (χ1n) is 8.79. The van der Waals surface area contributed by atoms with E-state index in [2.05, 4.69) is 5.32 Å². The van der Waals surface area contributed by atoms with Crippen molar-refractivity contribution in [3.8, 4) is 0 Å². The van der Waals surface area contributed by atoms with E-state index >= 15 is 0 Å². The Balaban J connectivity index is 2.05. The summed E-state index contributed by atoms with van der Waals surface area (Å²) in [5.41, 5.74) is 7.25. The topological polar surface area (TPSA) is 75.4 Å². The monoisotopic (exact) mass is 331 g/mol. The summed E-state index contributed by atoms with van der Waals surface area (Å²) in [7, 11) is 0. The van der Waals surface area contributed by atoms with Crippen LogP contribution < -0.4 is 11.1 Å². The van der Waals surface area contributed by atoms with Crippen molar-refractivity contribution in [3.63, 3.8) is 0 Å². The molecule has 0 saturated carbocycles. The van der Waals surface area contributed by atoms with E-state index in [0.717, 1.165) is 31.5 Å². The van der Waals surface area contributed by atoms with Gasteiger partial charge in [0.25, 0.3) is 5.91 Å². The zero-order valence-corrected chi connectivity index (χ0v) is 14.9. The quantitative estimate of drug-likeness (QED) is 0.866. The highest BCUT2D eigenvalue weighted by Gasteiger charge is 2.31. The Kier molecular flexibility index (Phi) is 6.37. The molecular weight excluding hydrogens is 302 g/mol. The molecule has 3 N–H and O–H groups in total. The normalized spacial score (nSPS) is 17.0. The van der Waals surface area contributed by atoms with Crippen molar-refractivity contribution in [3.05, 3.63) is 35.4 Å². The second kappa shape index (κ2) is 8.29.